The summed E-state index contributed by atoms with van der Waals surface area (Å²) in [6.07, 6.45) is 27.7. The van der Waals surface area contributed by atoms with E-state index in [-0.39, 0.29) is 5.97 Å². The van der Waals surface area contributed by atoms with Crippen LogP contribution in [0.25, 0.3) is 0 Å². The number of hydrogen-bond acceptors (Lipinski definition) is 3. The number of rotatable bonds is 23. The molecule has 0 saturated carbocycles. The first-order valence-corrected chi connectivity index (χ1v) is 12.8. The maximum absolute atomic E-state index is 11.1. The second kappa shape index (κ2) is 23.7. The zero-order valence-electron chi connectivity index (χ0n) is 20.2. The summed E-state index contributed by atoms with van der Waals surface area (Å²) in [5.41, 5.74) is 0. The van der Waals surface area contributed by atoms with E-state index < -0.39 is 0 Å². The lowest BCUT2D eigenvalue weighted by Crippen LogP contribution is -2.11. The van der Waals surface area contributed by atoms with Crippen molar-refractivity contribution in [2.75, 3.05) is 14.2 Å². The largest absolute Gasteiger partial charge is 0.469 e. The summed E-state index contributed by atoms with van der Waals surface area (Å²) < 4.78 is 10.2. The van der Waals surface area contributed by atoms with Crippen LogP contribution in [0, 0.1) is 0 Å². The monoisotopic (exact) mass is 412 g/mol. The van der Waals surface area contributed by atoms with Gasteiger partial charge in [-0.25, -0.2) is 0 Å². The molecule has 0 spiro atoms. The molecule has 1 atom stereocenters. The second-order valence-corrected chi connectivity index (χ2v) is 8.77. The Kier molecular flexibility index (Phi) is 23.2. The van der Waals surface area contributed by atoms with E-state index in [1.807, 2.05) is 0 Å². The fraction of sp³-hybridized carbons (Fsp3) is 0.962. The lowest BCUT2D eigenvalue weighted by Gasteiger charge is -2.14. The Morgan fingerprint density at radius 2 is 0.966 bits per heavy atom. The van der Waals surface area contributed by atoms with E-state index in [4.69, 9.17) is 4.74 Å². The van der Waals surface area contributed by atoms with Crippen LogP contribution in [0.3, 0.4) is 0 Å². The van der Waals surface area contributed by atoms with Gasteiger partial charge in [-0.2, -0.15) is 0 Å². The van der Waals surface area contributed by atoms with Crippen molar-refractivity contribution in [2.24, 2.45) is 0 Å². The molecule has 0 bridgehead atoms. The number of esters is 1. The molecule has 0 amide bonds. The normalized spacial score (nSPS) is 12.2. The number of carbonyl (C=O) groups excluding carboxylic acids is 1. The summed E-state index contributed by atoms with van der Waals surface area (Å²) in [5.74, 6) is -0.113. The first-order chi connectivity index (χ1) is 14.2. The summed E-state index contributed by atoms with van der Waals surface area (Å²) in [6.45, 7) is 2.29. The molecule has 0 rings (SSSR count). The Balaban J connectivity index is 3.23. The number of hydrogen-bond donors (Lipinski definition) is 0. The lowest BCUT2D eigenvalue weighted by atomic mass is 10.0. The van der Waals surface area contributed by atoms with Crippen molar-refractivity contribution in [3.63, 3.8) is 0 Å². The molecule has 174 valence electrons. The van der Waals surface area contributed by atoms with Gasteiger partial charge in [0.15, 0.2) is 0 Å². The Hall–Kier alpha value is -0.570. The topological polar surface area (TPSA) is 35.5 Å². The molecule has 0 aromatic heterocycles. The molecule has 29 heavy (non-hydrogen) atoms. The zero-order valence-corrected chi connectivity index (χ0v) is 20.2. The third-order valence-electron chi connectivity index (χ3n) is 6.10. The molecular weight excluding hydrogens is 360 g/mol. The SMILES string of the molecule is CCCCCCCCCCCCCCCCCCCC(CCCC(=O)OC)OC. The number of unbranched alkanes of at least 4 members (excludes halogenated alkanes) is 16. The van der Waals surface area contributed by atoms with Crippen LogP contribution in [-0.2, 0) is 14.3 Å². The molecule has 0 aliphatic carbocycles. The average Bonchev–Trinajstić information content (AvgIpc) is 2.74. The Bertz CT molecular complexity index is 330. The van der Waals surface area contributed by atoms with Gasteiger partial charge in [-0.15, -0.1) is 0 Å². The predicted molar refractivity (Wildman–Crippen MR) is 125 cm³/mol. The van der Waals surface area contributed by atoms with Crippen LogP contribution in [0.2, 0.25) is 0 Å². The van der Waals surface area contributed by atoms with E-state index in [0.717, 1.165) is 19.3 Å². The average molecular weight is 413 g/mol. The van der Waals surface area contributed by atoms with E-state index >= 15 is 0 Å². The van der Waals surface area contributed by atoms with Crippen molar-refractivity contribution in [2.45, 2.75) is 148 Å². The fourth-order valence-electron chi connectivity index (χ4n) is 4.05. The van der Waals surface area contributed by atoms with Crippen LogP contribution in [0.15, 0.2) is 0 Å². The molecule has 0 aromatic rings. The highest BCUT2D eigenvalue weighted by Gasteiger charge is 2.08. The van der Waals surface area contributed by atoms with Gasteiger partial charge in [-0.05, 0) is 19.3 Å². The molecule has 0 radical (unpaired) electrons. The molecule has 0 aliphatic heterocycles. The molecule has 0 saturated heterocycles. The van der Waals surface area contributed by atoms with Gasteiger partial charge in [0, 0.05) is 13.5 Å². The fourth-order valence-corrected chi connectivity index (χ4v) is 4.05. The molecule has 0 fully saturated rings. The van der Waals surface area contributed by atoms with Gasteiger partial charge in [-0.3, -0.25) is 4.79 Å². The molecule has 0 N–H and O–H groups in total. The summed E-state index contributed by atoms with van der Waals surface area (Å²) in [6, 6.07) is 0. The quantitative estimate of drug-likeness (QED) is 0.125. The highest BCUT2D eigenvalue weighted by Crippen LogP contribution is 2.16. The summed E-state index contributed by atoms with van der Waals surface area (Å²) >= 11 is 0. The van der Waals surface area contributed by atoms with Crippen molar-refractivity contribution in [3.05, 3.63) is 0 Å². The van der Waals surface area contributed by atoms with Crippen molar-refractivity contribution >= 4 is 5.97 Å². The van der Waals surface area contributed by atoms with E-state index in [0.29, 0.717) is 12.5 Å². The van der Waals surface area contributed by atoms with Crippen LogP contribution < -0.4 is 0 Å². The van der Waals surface area contributed by atoms with Gasteiger partial charge in [0.2, 0.25) is 0 Å². The standard InChI is InChI=1S/C26H52O3/c1-4-5-6-7-8-9-10-11-12-13-14-15-16-17-18-19-20-22-25(28-2)23-21-24-26(27)29-3/h25H,4-24H2,1-3H3. The van der Waals surface area contributed by atoms with Crippen LogP contribution in [0.5, 0.6) is 0 Å². The third-order valence-corrected chi connectivity index (χ3v) is 6.10. The third kappa shape index (κ3) is 21.9. The summed E-state index contributed by atoms with van der Waals surface area (Å²) in [5, 5.41) is 0. The molecule has 3 nitrogen and oxygen atoms in total. The van der Waals surface area contributed by atoms with E-state index in [9.17, 15) is 4.79 Å². The number of methoxy groups -OCH3 is 2. The van der Waals surface area contributed by atoms with Gasteiger partial charge in [0.25, 0.3) is 0 Å². The minimum absolute atomic E-state index is 0.113. The molecule has 0 aliphatic rings. The summed E-state index contributed by atoms with van der Waals surface area (Å²) in [4.78, 5) is 11.1. The van der Waals surface area contributed by atoms with Gasteiger partial charge < -0.3 is 9.47 Å². The molecule has 3 heteroatoms. The van der Waals surface area contributed by atoms with Gasteiger partial charge in [-0.1, -0.05) is 116 Å². The van der Waals surface area contributed by atoms with E-state index in [1.165, 1.54) is 116 Å². The zero-order chi connectivity index (χ0) is 21.4. The molecular formula is C26H52O3. The van der Waals surface area contributed by atoms with Crippen molar-refractivity contribution in [1.82, 2.24) is 0 Å². The first kappa shape index (κ1) is 28.4. The van der Waals surface area contributed by atoms with Crippen molar-refractivity contribution < 1.29 is 14.3 Å². The highest BCUT2D eigenvalue weighted by atomic mass is 16.5. The van der Waals surface area contributed by atoms with Gasteiger partial charge in [0.05, 0.1) is 13.2 Å². The molecule has 0 aromatic carbocycles. The van der Waals surface area contributed by atoms with Crippen molar-refractivity contribution in [3.8, 4) is 0 Å². The number of carbonyl (C=O) groups is 1. The Morgan fingerprint density at radius 1 is 0.586 bits per heavy atom. The van der Waals surface area contributed by atoms with Gasteiger partial charge >= 0.3 is 5.97 Å². The lowest BCUT2D eigenvalue weighted by molar-refractivity contribution is -0.140. The van der Waals surface area contributed by atoms with Gasteiger partial charge in [0.1, 0.15) is 0 Å². The van der Waals surface area contributed by atoms with Crippen LogP contribution in [0.1, 0.15) is 142 Å². The minimum atomic E-state index is -0.113. The smallest absolute Gasteiger partial charge is 0.305 e. The van der Waals surface area contributed by atoms with E-state index in [2.05, 4.69) is 11.7 Å². The predicted octanol–water partition coefficient (Wildman–Crippen LogP) is 8.39. The van der Waals surface area contributed by atoms with Crippen LogP contribution in [0.4, 0.5) is 0 Å². The minimum Gasteiger partial charge on any atom is -0.469 e. The first-order valence-electron chi connectivity index (χ1n) is 12.8. The van der Waals surface area contributed by atoms with Crippen molar-refractivity contribution in [1.29, 1.82) is 0 Å². The molecule has 0 heterocycles. The van der Waals surface area contributed by atoms with Crippen LogP contribution >= 0.6 is 0 Å². The van der Waals surface area contributed by atoms with Crippen LogP contribution in [-0.4, -0.2) is 26.3 Å². The Labute approximate surface area is 182 Å². The Morgan fingerprint density at radius 3 is 1.34 bits per heavy atom. The maximum Gasteiger partial charge on any atom is 0.305 e. The number of ether oxygens (including phenoxy) is 2. The summed E-state index contributed by atoms with van der Waals surface area (Å²) in [7, 11) is 3.24. The highest BCUT2D eigenvalue weighted by molar-refractivity contribution is 5.68. The molecule has 1 unspecified atom stereocenters. The van der Waals surface area contributed by atoms with E-state index in [1.54, 1.807) is 7.11 Å². The second-order valence-electron chi connectivity index (χ2n) is 8.77. The maximum atomic E-state index is 11.1.